The van der Waals surface area contributed by atoms with Gasteiger partial charge in [-0.2, -0.15) is 10.2 Å². The van der Waals surface area contributed by atoms with Crippen molar-refractivity contribution in [2.24, 2.45) is 24.8 Å². The Morgan fingerprint density at radius 1 is 1.28 bits per heavy atom. The number of aromatic nitrogens is 5. The van der Waals surface area contributed by atoms with Crippen LogP contribution in [0.5, 0.6) is 0 Å². The summed E-state index contributed by atoms with van der Waals surface area (Å²) in [5.74, 6) is 1.65. The van der Waals surface area contributed by atoms with Crippen molar-refractivity contribution in [1.82, 2.24) is 24.5 Å². The summed E-state index contributed by atoms with van der Waals surface area (Å²) in [6, 6.07) is 2.33. The first kappa shape index (κ1) is 21.2. The second-order valence-corrected chi connectivity index (χ2v) is 9.82. The van der Waals surface area contributed by atoms with E-state index in [1.807, 2.05) is 22.5 Å². The Kier molecular flexibility index (Phi) is 5.57. The van der Waals surface area contributed by atoms with Gasteiger partial charge in [-0.05, 0) is 62.3 Å². The Morgan fingerprint density at radius 2 is 2.00 bits per heavy atom. The van der Waals surface area contributed by atoms with Gasteiger partial charge in [0, 0.05) is 37.2 Å². The van der Waals surface area contributed by atoms with Crippen molar-refractivity contribution in [1.29, 1.82) is 0 Å². The van der Waals surface area contributed by atoms with Gasteiger partial charge in [0.05, 0.1) is 11.2 Å². The zero-order valence-electron chi connectivity index (χ0n) is 19.0. The molecule has 1 atom stereocenters. The molecule has 0 bridgehead atoms. The van der Waals surface area contributed by atoms with Crippen LogP contribution in [0.25, 0.3) is 22.2 Å². The summed E-state index contributed by atoms with van der Waals surface area (Å²) < 4.78 is 3.83. The Hall–Kier alpha value is -2.61. The van der Waals surface area contributed by atoms with Gasteiger partial charge in [-0.1, -0.05) is 19.8 Å². The number of nitrogen functional groups attached to an aromatic ring is 1. The van der Waals surface area contributed by atoms with E-state index in [1.165, 1.54) is 25.7 Å². The van der Waals surface area contributed by atoms with Crippen molar-refractivity contribution in [2.75, 3.05) is 12.3 Å². The molecule has 8 heteroatoms. The summed E-state index contributed by atoms with van der Waals surface area (Å²) in [5.41, 5.74) is 9.50. The average molecular weight is 439 g/mol. The molecule has 5 rings (SSSR count). The van der Waals surface area contributed by atoms with Gasteiger partial charge in [-0.3, -0.25) is 14.6 Å². The second-order valence-electron chi connectivity index (χ2n) is 9.82. The molecule has 4 N–H and O–H groups in total. The van der Waals surface area contributed by atoms with E-state index >= 15 is 0 Å². The van der Waals surface area contributed by atoms with Gasteiger partial charge in [-0.15, -0.1) is 0 Å². The molecule has 0 aromatic carbocycles. The molecule has 8 nitrogen and oxygen atoms in total. The molecule has 0 spiro atoms. The number of H-pyrrole nitrogens is 1. The van der Waals surface area contributed by atoms with Gasteiger partial charge in [0.1, 0.15) is 5.39 Å². The highest BCUT2D eigenvalue weighted by molar-refractivity contribution is 5.97. The standard InChI is InChI=1S/C24H34N6O2/c1-3-4-5-14(13-31)10-17-11-19(28-29(17)2)18-12-30(22(15-6-7-15)16-8-9-16)24(32)20-21(18)26-27-23(20)25/h11-12,14-16,22,31H,3-10,13H2,1-2H3,(H3,25,26,27)/t14-/m1/s1. The topological polar surface area (TPSA) is 115 Å². The zero-order valence-corrected chi connectivity index (χ0v) is 19.0. The Morgan fingerprint density at radius 3 is 2.62 bits per heavy atom. The van der Waals surface area contributed by atoms with Gasteiger partial charge in [-0.25, -0.2) is 0 Å². The molecule has 3 heterocycles. The summed E-state index contributed by atoms with van der Waals surface area (Å²) in [7, 11) is 1.94. The second kappa shape index (κ2) is 8.39. The van der Waals surface area contributed by atoms with Crippen LogP contribution in [0, 0.1) is 17.8 Å². The molecule has 0 aliphatic heterocycles. The predicted octanol–water partition coefficient (Wildman–Crippen LogP) is 3.41. The third-order valence-electron chi connectivity index (χ3n) is 7.29. The number of aliphatic hydroxyl groups is 1. The molecule has 32 heavy (non-hydrogen) atoms. The third kappa shape index (κ3) is 3.85. The molecule has 0 saturated heterocycles. The number of hydrogen-bond acceptors (Lipinski definition) is 5. The van der Waals surface area contributed by atoms with Crippen LogP contribution in [0.1, 0.15) is 63.6 Å². The highest BCUT2D eigenvalue weighted by atomic mass is 16.3. The zero-order chi connectivity index (χ0) is 22.4. The third-order valence-corrected chi connectivity index (χ3v) is 7.29. The molecule has 2 fully saturated rings. The molecular formula is C24H34N6O2. The molecule has 172 valence electrons. The summed E-state index contributed by atoms with van der Waals surface area (Å²) in [6.07, 6.45) is 10.8. The highest BCUT2D eigenvalue weighted by Gasteiger charge is 2.43. The van der Waals surface area contributed by atoms with Crippen LogP contribution in [0.2, 0.25) is 0 Å². The molecule has 2 aliphatic rings. The van der Waals surface area contributed by atoms with Crippen molar-refractivity contribution in [3.8, 4) is 11.3 Å². The lowest BCUT2D eigenvalue weighted by Gasteiger charge is -2.20. The number of hydrogen-bond donors (Lipinski definition) is 3. The van der Waals surface area contributed by atoms with E-state index in [4.69, 9.17) is 10.8 Å². The van der Waals surface area contributed by atoms with Gasteiger partial charge in [0.15, 0.2) is 5.82 Å². The normalized spacial score (nSPS) is 17.5. The maximum atomic E-state index is 13.4. The number of nitrogens with zero attached hydrogens (tertiary/aromatic N) is 4. The molecule has 0 radical (unpaired) electrons. The minimum Gasteiger partial charge on any atom is -0.396 e. The lowest BCUT2D eigenvalue weighted by Crippen LogP contribution is -2.27. The fourth-order valence-corrected chi connectivity index (χ4v) is 5.16. The fraction of sp³-hybridized carbons (Fsp3) is 0.625. The first-order valence-corrected chi connectivity index (χ1v) is 12.0. The van der Waals surface area contributed by atoms with Gasteiger partial charge in [0.25, 0.3) is 5.56 Å². The molecule has 2 aliphatic carbocycles. The molecule has 2 saturated carbocycles. The SMILES string of the molecule is CCCC[C@@H](CO)Cc1cc(-c2cn(C(C3CC3)C3CC3)c(=O)c3c(N)n[nH]c23)nn1C. The summed E-state index contributed by atoms with van der Waals surface area (Å²) >= 11 is 0. The number of pyridine rings is 1. The maximum Gasteiger partial charge on any atom is 0.264 e. The van der Waals surface area contributed by atoms with Crippen LogP contribution < -0.4 is 11.3 Å². The number of aryl methyl sites for hydroxylation is 1. The number of nitrogens with one attached hydrogen (secondary N) is 1. The minimum absolute atomic E-state index is 0.0464. The van der Waals surface area contributed by atoms with Crippen LogP contribution in [0.3, 0.4) is 0 Å². The quantitative estimate of drug-likeness (QED) is 0.449. The van der Waals surface area contributed by atoms with E-state index in [2.05, 4.69) is 23.2 Å². The lowest BCUT2D eigenvalue weighted by atomic mass is 9.97. The Bertz CT molecular complexity index is 1160. The van der Waals surface area contributed by atoms with Crippen LogP contribution in [-0.2, 0) is 13.5 Å². The first-order valence-electron chi connectivity index (χ1n) is 12.0. The number of rotatable bonds is 10. The number of fused-ring (bicyclic) bond motifs is 1. The maximum absolute atomic E-state index is 13.4. The molecule has 3 aromatic rings. The monoisotopic (exact) mass is 438 g/mol. The largest absolute Gasteiger partial charge is 0.396 e. The highest BCUT2D eigenvalue weighted by Crippen LogP contribution is 2.52. The summed E-state index contributed by atoms with van der Waals surface area (Å²) in [6.45, 7) is 2.35. The van der Waals surface area contributed by atoms with Crippen LogP contribution in [0.4, 0.5) is 5.82 Å². The number of unbranched alkanes of at least 4 members (excludes halogenated alkanes) is 1. The number of anilines is 1. The summed E-state index contributed by atoms with van der Waals surface area (Å²) in [4.78, 5) is 13.4. The van der Waals surface area contributed by atoms with E-state index in [-0.39, 0.29) is 29.9 Å². The molecule has 3 aromatic heterocycles. The number of nitrogens with two attached hydrogens (primary N) is 1. The average Bonchev–Trinajstić information content (AvgIpc) is 3.71. The fourth-order valence-electron chi connectivity index (χ4n) is 5.16. The van der Waals surface area contributed by atoms with E-state index < -0.39 is 0 Å². The van der Waals surface area contributed by atoms with Gasteiger partial charge in [0.2, 0.25) is 0 Å². The van der Waals surface area contributed by atoms with E-state index in [1.54, 1.807) is 0 Å². The van der Waals surface area contributed by atoms with Crippen molar-refractivity contribution >= 4 is 16.7 Å². The van der Waals surface area contributed by atoms with E-state index in [9.17, 15) is 9.90 Å². The van der Waals surface area contributed by atoms with Gasteiger partial charge < -0.3 is 15.4 Å². The predicted molar refractivity (Wildman–Crippen MR) is 125 cm³/mol. The van der Waals surface area contributed by atoms with E-state index in [0.29, 0.717) is 22.7 Å². The van der Waals surface area contributed by atoms with Gasteiger partial charge >= 0.3 is 0 Å². The van der Waals surface area contributed by atoms with Crippen LogP contribution in [0.15, 0.2) is 17.1 Å². The van der Waals surface area contributed by atoms with Crippen molar-refractivity contribution in [3.63, 3.8) is 0 Å². The molecule has 0 unspecified atom stereocenters. The number of aromatic amines is 1. The Balaban J connectivity index is 1.57. The van der Waals surface area contributed by atoms with Crippen LogP contribution in [-0.4, -0.2) is 36.3 Å². The first-order chi connectivity index (χ1) is 15.5. The minimum atomic E-state index is -0.0464. The van der Waals surface area contributed by atoms with E-state index in [0.717, 1.165) is 42.6 Å². The van der Waals surface area contributed by atoms with Crippen molar-refractivity contribution in [3.05, 3.63) is 28.3 Å². The van der Waals surface area contributed by atoms with Crippen molar-refractivity contribution < 1.29 is 5.11 Å². The van der Waals surface area contributed by atoms with Crippen LogP contribution >= 0.6 is 0 Å². The molecular weight excluding hydrogens is 404 g/mol. The number of aliphatic hydroxyl groups excluding tert-OH is 1. The van der Waals surface area contributed by atoms with Crippen molar-refractivity contribution in [2.45, 2.75) is 64.3 Å². The smallest absolute Gasteiger partial charge is 0.264 e. The molecule has 0 amide bonds. The Labute approximate surface area is 187 Å². The lowest BCUT2D eigenvalue weighted by molar-refractivity contribution is 0.213. The summed E-state index contributed by atoms with van der Waals surface area (Å²) in [5, 5.41) is 22.2.